The van der Waals surface area contributed by atoms with E-state index in [1.165, 1.54) is 0 Å². The van der Waals surface area contributed by atoms with Crippen LogP contribution in [0.1, 0.15) is 26.2 Å². The number of hydrogen-bond donors (Lipinski definition) is 0. The fourth-order valence-corrected chi connectivity index (χ4v) is 4.60. The van der Waals surface area contributed by atoms with E-state index in [0.29, 0.717) is 25.0 Å². The van der Waals surface area contributed by atoms with Crippen molar-refractivity contribution in [1.29, 1.82) is 0 Å². The molecule has 144 valence electrons. The first-order chi connectivity index (χ1) is 12.2. The lowest BCUT2D eigenvalue weighted by Gasteiger charge is -2.49. The van der Waals surface area contributed by atoms with E-state index in [9.17, 15) is 18.0 Å². The minimum Gasteiger partial charge on any atom is -0.463 e. The average Bonchev–Trinajstić information content (AvgIpc) is 2.85. The fourth-order valence-electron chi connectivity index (χ4n) is 3.98. The van der Waals surface area contributed by atoms with E-state index in [1.807, 2.05) is 6.08 Å². The van der Waals surface area contributed by atoms with Gasteiger partial charge in [0.1, 0.15) is 6.10 Å². The molecule has 9 heteroatoms. The van der Waals surface area contributed by atoms with Gasteiger partial charge in [0.05, 0.1) is 37.4 Å². The molecule has 2 fully saturated rings. The van der Waals surface area contributed by atoms with Crippen LogP contribution in [0.15, 0.2) is 23.8 Å². The number of esters is 2. The predicted octanol–water partition coefficient (Wildman–Crippen LogP) is 1.08. The topological polar surface area (TPSA) is 105 Å². The largest absolute Gasteiger partial charge is 0.463 e. The second-order valence-electron chi connectivity index (χ2n) is 6.67. The zero-order valence-electron chi connectivity index (χ0n) is 14.7. The van der Waals surface area contributed by atoms with Crippen molar-refractivity contribution < 1.29 is 36.4 Å². The quantitative estimate of drug-likeness (QED) is 0.289. The van der Waals surface area contributed by atoms with E-state index >= 15 is 0 Å². The molecule has 2 saturated heterocycles. The zero-order valence-corrected chi connectivity index (χ0v) is 15.5. The van der Waals surface area contributed by atoms with E-state index in [4.69, 9.17) is 18.4 Å². The van der Waals surface area contributed by atoms with E-state index in [-0.39, 0.29) is 24.5 Å². The van der Waals surface area contributed by atoms with Crippen LogP contribution in [-0.2, 0) is 38.1 Å². The van der Waals surface area contributed by atoms with Crippen molar-refractivity contribution in [2.75, 3.05) is 19.5 Å². The monoisotopic (exact) mass is 386 g/mol. The molecule has 26 heavy (non-hydrogen) atoms. The number of carbonyl (C=O) groups is 2. The van der Waals surface area contributed by atoms with Gasteiger partial charge in [0.25, 0.3) is 10.1 Å². The number of ether oxygens (including phenoxy) is 3. The third-order valence-electron chi connectivity index (χ3n) is 4.95. The van der Waals surface area contributed by atoms with Gasteiger partial charge in [0.15, 0.2) is 0 Å². The highest BCUT2D eigenvalue weighted by molar-refractivity contribution is 7.86. The van der Waals surface area contributed by atoms with Crippen LogP contribution in [0.5, 0.6) is 0 Å². The Kier molecular flexibility index (Phi) is 4.98. The molecule has 0 aromatic carbocycles. The van der Waals surface area contributed by atoms with Crippen molar-refractivity contribution >= 4 is 22.1 Å². The van der Waals surface area contributed by atoms with Crippen LogP contribution in [0.4, 0.5) is 0 Å². The van der Waals surface area contributed by atoms with Crippen molar-refractivity contribution in [2.45, 2.75) is 38.1 Å². The van der Waals surface area contributed by atoms with E-state index in [0.717, 1.165) is 6.26 Å². The van der Waals surface area contributed by atoms with Crippen molar-refractivity contribution in [3.63, 3.8) is 0 Å². The average molecular weight is 386 g/mol. The van der Waals surface area contributed by atoms with Crippen LogP contribution >= 0.6 is 0 Å². The summed E-state index contributed by atoms with van der Waals surface area (Å²) in [6.07, 6.45) is 2.85. The Bertz CT molecular complexity index is 768. The third-order valence-corrected chi connectivity index (χ3v) is 5.51. The third kappa shape index (κ3) is 3.30. The number of hydrogen-bond acceptors (Lipinski definition) is 8. The number of rotatable bonds is 6. The van der Waals surface area contributed by atoms with Gasteiger partial charge in [-0.25, -0.2) is 4.79 Å². The second kappa shape index (κ2) is 6.79. The Morgan fingerprint density at radius 3 is 2.88 bits per heavy atom. The maximum atomic E-state index is 12.2. The molecule has 0 N–H and O–H groups in total. The summed E-state index contributed by atoms with van der Waals surface area (Å²) in [5.74, 6) is -3.41. The van der Waals surface area contributed by atoms with Crippen molar-refractivity contribution in [3.05, 3.63) is 23.8 Å². The molecule has 1 unspecified atom stereocenters. The van der Waals surface area contributed by atoms with Gasteiger partial charge in [-0.15, -0.1) is 0 Å². The van der Waals surface area contributed by atoms with Crippen molar-refractivity contribution in [1.82, 2.24) is 0 Å². The summed E-state index contributed by atoms with van der Waals surface area (Å²) < 4.78 is 45.3. The lowest BCUT2D eigenvalue weighted by molar-refractivity contribution is -0.262. The molecule has 4 atom stereocenters. The highest BCUT2D eigenvalue weighted by atomic mass is 32.2. The lowest BCUT2D eigenvalue weighted by Crippen LogP contribution is -2.57. The van der Waals surface area contributed by atoms with E-state index < -0.39 is 39.9 Å². The van der Waals surface area contributed by atoms with Crippen LogP contribution in [-0.4, -0.2) is 51.7 Å². The Morgan fingerprint density at radius 2 is 2.23 bits per heavy atom. The zero-order chi connectivity index (χ0) is 19.1. The number of allylic oxidation sites excluding steroid dienone is 1. The Hall–Kier alpha value is -1.71. The van der Waals surface area contributed by atoms with Crippen LogP contribution in [0.3, 0.4) is 0 Å². The molecule has 0 amide bonds. The summed E-state index contributed by atoms with van der Waals surface area (Å²) in [7, 11) is -3.93. The maximum absolute atomic E-state index is 12.2. The Balaban J connectivity index is 2.04. The minimum atomic E-state index is -3.93. The number of carbonyl (C=O) groups excluding carboxylic acids is 2. The molecule has 1 aliphatic carbocycles. The first kappa shape index (κ1) is 19.1. The summed E-state index contributed by atoms with van der Waals surface area (Å²) in [4.78, 5) is 24.2. The smallest absolute Gasteiger partial charge is 0.336 e. The van der Waals surface area contributed by atoms with Crippen molar-refractivity contribution in [3.8, 4) is 0 Å². The molecule has 0 aromatic rings. The highest BCUT2D eigenvalue weighted by Gasteiger charge is 2.62. The van der Waals surface area contributed by atoms with Gasteiger partial charge < -0.3 is 14.2 Å². The van der Waals surface area contributed by atoms with E-state index in [1.54, 1.807) is 6.92 Å². The molecule has 2 heterocycles. The molecule has 3 rings (SSSR count). The van der Waals surface area contributed by atoms with Crippen LogP contribution in [0.2, 0.25) is 0 Å². The van der Waals surface area contributed by atoms with Crippen LogP contribution in [0, 0.1) is 11.8 Å². The Labute approximate surface area is 152 Å². The predicted molar refractivity (Wildman–Crippen MR) is 89.2 cm³/mol. The van der Waals surface area contributed by atoms with E-state index in [2.05, 4.69) is 6.58 Å². The van der Waals surface area contributed by atoms with Gasteiger partial charge in [-0.1, -0.05) is 12.7 Å². The summed E-state index contributed by atoms with van der Waals surface area (Å²) in [5, 5.41) is 0. The van der Waals surface area contributed by atoms with Crippen molar-refractivity contribution in [2.24, 2.45) is 11.8 Å². The van der Waals surface area contributed by atoms with Crippen LogP contribution in [0.25, 0.3) is 0 Å². The van der Waals surface area contributed by atoms with Gasteiger partial charge >= 0.3 is 11.9 Å². The summed E-state index contributed by atoms with van der Waals surface area (Å²) in [5.41, 5.74) is 0.503. The van der Waals surface area contributed by atoms with Gasteiger partial charge in [0.2, 0.25) is 5.79 Å². The second-order valence-corrected chi connectivity index (χ2v) is 8.27. The first-order valence-electron chi connectivity index (χ1n) is 8.47. The molecule has 0 aromatic heterocycles. The summed E-state index contributed by atoms with van der Waals surface area (Å²) in [6, 6.07) is 0. The van der Waals surface area contributed by atoms with Gasteiger partial charge in [-0.3, -0.25) is 8.98 Å². The number of fused-ring (bicyclic) bond motifs is 1. The van der Waals surface area contributed by atoms with Gasteiger partial charge in [0, 0.05) is 5.57 Å². The Morgan fingerprint density at radius 1 is 1.50 bits per heavy atom. The SMILES string of the molecule is C=C(C(=O)OCC)C(OS(C)(=O)=O)[C@@H]1[C@H]2CC=C3CC(=O)O[C@@]31OCC2. The van der Waals surface area contributed by atoms with Gasteiger partial charge in [-0.2, -0.15) is 8.42 Å². The molecule has 8 nitrogen and oxygen atoms in total. The minimum absolute atomic E-state index is 0.0701. The lowest BCUT2D eigenvalue weighted by atomic mass is 9.68. The molecule has 2 bridgehead atoms. The molecular weight excluding hydrogens is 364 g/mol. The summed E-state index contributed by atoms with van der Waals surface area (Å²) in [6.45, 7) is 5.82. The molecule has 2 aliphatic heterocycles. The van der Waals surface area contributed by atoms with Crippen LogP contribution < -0.4 is 0 Å². The standard InChI is InChI=1S/C17H22O8S/c1-4-22-16(19)10(2)15(25-26(3,20)21)14-11-5-6-12-9-13(18)24-17(12,14)23-8-7-11/h6,11,14-15H,2,4-5,7-9H2,1,3H3/t11-,14-,15?,17-/m0/s1. The normalized spacial score (nSPS) is 31.5. The summed E-state index contributed by atoms with van der Waals surface area (Å²) >= 11 is 0. The molecule has 0 radical (unpaired) electrons. The molecular formula is C17H22O8S. The molecule has 1 spiro atoms. The molecule has 3 aliphatic rings. The highest BCUT2D eigenvalue weighted by Crippen LogP contribution is 2.53. The van der Waals surface area contributed by atoms with Gasteiger partial charge in [-0.05, 0) is 25.7 Å². The maximum Gasteiger partial charge on any atom is 0.336 e. The fraction of sp³-hybridized carbons (Fsp3) is 0.647. The molecule has 0 saturated carbocycles. The first-order valence-corrected chi connectivity index (χ1v) is 10.3.